The van der Waals surface area contributed by atoms with Crippen LogP contribution in [0, 0.1) is 5.92 Å². The molecule has 2 aromatic rings. The summed E-state index contributed by atoms with van der Waals surface area (Å²) in [5, 5.41) is 11.6. The Morgan fingerprint density at radius 2 is 1.80 bits per heavy atom. The van der Waals surface area contributed by atoms with Crippen LogP contribution >= 0.6 is 12.4 Å². The summed E-state index contributed by atoms with van der Waals surface area (Å²) < 4.78 is 5.66. The van der Waals surface area contributed by atoms with E-state index >= 15 is 0 Å². The Bertz CT molecular complexity index is 1120. The van der Waals surface area contributed by atoms with Crippen molar-refractivity contribution >= 4 is 40.9 Å². The second-order valence-corrected chi connectivity index (χ2v) is 11.3. The summed E-state index contributed by atoms with van der Waals surface area (Å²) in [5.74, 6) is -0.146. The van der Waals surface area contributed by atoms with E-state index in [2.05, 4.69) is 35.9 Å². The van der Waals surface area contributed by atoms with Crippen molar-refractivity contribution in [1.29, 1.82) is 0 Å². The maximum atomic E-state index is 13.5. The van der Waals surface area contributed by atoms with Gasteiger partial charge in [-0.3, -0.25) is 14.4 Å². The Morgan fingerprint density at radius 1 is 1.07 bits per heavy atom. The molecule has 1 fully saturated rings. The van der Waals surface area contributed by atoms with Crippen LogP contribution in [0.5, 0.6) is 0 Å². The SMILES string of the molecule is CCOC(C)(C)C(=O)N1CCC[C@H]1C(=O)N[C@H](Cc1ccc2ccccc2c1)C(=O)NCCCNCC(C)C.Cl. The largest absolute Gasteiger partial charge is 0.366 e. The molecule has 3 rings (SSSR count). The van der Waals surface area contributed by atoms with Crippen LogP contribution in [0.15, 0.2) is 42.5 Å². The molecule has 0 spiro atoms. The van der Waals surface area contributed by atoms with E-state index in [0.29, 0.717) is 38.5 Å². The normalized spacial score (nSPS) is 16.1. The first-order valence-electron chi connectivity index (χ1n) is 14.3. The highest BCUT2D eigenvalue weighted by Gasteiger charge is 2.41. The number of carbonyl (C=O) groups excluding carboxylic acids is 3. The summed E-state index contributed by atoms with van der Waals surface area (Å²) in [6, 6.07) is 12.8. The number of likely N-dealkylation sites (tertiary alicyclic amines) is 1. The average Bonchev–Trinajstić information content (AvgIpc) is 3.39. The molecule has 0 aromatic heterocycles. The van der Waals surface area contributed by atoms with Gasteiger partial charge in [-0.15, -0.1) is 12.4 Å². The number of nitrogens with one attached hydrogen (secondary N) is 3. The van der Waals surface area contributed by atoms with Gasteiger partial charge in [-0.25, -0.2) is 0 Å². The van der Waals surface area contributed by atoms with E-state index in [9.17, 15) is 14.4 Å². The first-order chi connectivity index (χ1) is 18.6. The van der Waals surface area contributed by atoms with Gasteiger partial charge in [-0.1, -0.05) is 56.3 Å². The predicted octanol–water partition coefficient (Wildman–Crippen LogP) is 3.85. The van der Waals surface area contributed by atoms with E-state index in [0.717, 1.165) is 42.3 Å². The van der Waals surface area contributed by atoms with Crippen molar-refractivity contribution in [3.05, 3.63) is 48.0 Å². The number of fused-ring (bicyclic) bond motifs is 1. The van der Waals surface area contributed by atoms with Crippen molar-refractivity contribution in [2.45, 2.75) is 78.0 Å². The summed E-state index contributed by atoms with van der Waals surface area (Å²) in [6.07, 6.45) is 2.45. The van der Waals surface area contributed by atoms with Crippen molar-refractivity contribution in [1.82, 2.24) is 20.9 Å². The van der Waals surface area contributed by atoms with Crippen molar-refractivity contribution < 1.29 is 19.1 Å². The molecule has 1 saturated heterocycles. The molecule has 0 unspecified atom stereocenters. The van der Waals surface area contributed by atoms with Crippen LogP contribution in [-0.2, 0) is 25.5 Å². The van der Waals surface area contributed by atoms with Gasteiger partial charge >= 0.3 is 0 Å². The highest BCUT2D eigenvalue weighted by Crippen LogP contribution is 2.24. The molecular formula is C31H47ClN4O4. The number of benzene rings is 2. The molecule has 40 heavy (non-hydrogen) atoms. The molecule has 1 heterocycles. The third kappa shape index (κ3) is 9.46. The second-order valence-electron chi connectivity index (χ2n) is 11.3. The Hall–Kier alpha value is -2.68. The Morgan fingerprint density at radius 3 is 2.50 bits per heavy atom. The molecule has 0 aliphatic carbocycles. The summed E-state index contributed by atoms with van der Waals surface area (Å²) in [4.78, 5) is 41.6. The zero-order chi connectivity index (χ0) is 28.4. The average molecular weight is 575 g/mol. The lowest BCUT2D eigenvalue weighted by atomic mass is 10.0. The lowest BCUT2D eigenvalue weighted by Gasteiger charge is -2.33. The molecule has 2 atom stereocenters. The number of hydrogen-bond acceptors (Lipinski definition) is 5. The van der Waals surface area contributed by atoms with Crippen LogP contribution in [0.3, 0.4) is 0 Å². The third-order valence-corrected chi connectivity index (χ3v) is 7.11. The summed E-state index contributed by atoms with van der Waals surface area (Å²) in [6.45, 7) is 12.8. The van der Waals surface area contributed by atoms with Gasteiger partial charge in [0.05, 0.1) is 0 Å². The Kier molecular flexibility index (Phi) is 13.4. The van der Waals surface area contributed by atoms with Crippen molar-refractivity contribution in [3.8, 4) is 0 Å². The van der Waals surface area contributed by atoms with E-state index in [-0.39, 0.29) is 30.1 Å². The molecule has 3 N–H and O–H groups in total. The summed E-state index contributed by atoms with van der Waals surface area (Å²) in [7, 11) is 0. The first kappa shape index (κ1) is 33.5. The minimum atomic E-state index is -1.01. The molecule has 0 saturated carbocycles. The Labute approximate surface area is 245 Å². The van der Waals surface area contributed by atoms with Crippen LogP contribution in [0.1, 0.15) is 59.4 Å². The van der Waals surface area contributed by atoms with Gasteiger partial charge in [-0.2, -0.15) is 0 Å². The first-order valence-corrected chi connectivity index (χ1v) is 14.3. The quantitative estimate of drug-likeness (QED) is 0.298. The highest BCUT2D eigenvalue weighted by molar-refractivity contribution is 5.94. The van der Waals surface area contributed by atoms with Crippen LogP contribution in [0.4, 0.5) is 0 Å². The fraction of sp³-hybridized carbons (Fsp3) is 0.581. The molecule has 3 amide bonds. The zero-order valence-electron chi connectivity index (χ0n) is 24.6. The van der Waals surface area contributed by atoms with Crippen molar-refractivity contribution in [2.75, 3.05) is 32.8 Å². The van der Waals surface area contributed by atoms with Crippen LogP contribution < -0.4 is 16.0 Å². The molecule has 1 aliphatic heterocycles. The topological polar surface area (TPSA) is 99.8 Å². The molecule has 2 aromatic carbocycles. The Balaban J connectivity index is 0.00000560. The van der Waals surface area contributed by atoms with Gasteiger partial charge in [0.1, 0.15) is 17.7 Å². The standard InChI is InChI=1S/C31H46N4O4.ClH/c1-6-39-31(4,5)30(38)35-18-9-13-27(35)29(37)34-26(28(36)33-17-10-16-32-21-22(2)3)20-23-14-15-24-11-7-8-12-25(24)19-23;/h7-8,11-12,14-15,19,22,26-27,32H,6,9-10,13,16-18,20-21H2,1-5H3,(H,33,36)(H,34,37);1H/t26-,27+;/m1./s1. The molecule has 0 radical (unpaired) electrons. The number of carbonyl (C=O) groups is 3. The van der Waals surface area contributed by atoms with E-state index in [1.807, 2.05) is 43.3 Å². The predicted molar refractivity (Wildman–Crippen MR) is 163 cm³/mol. The molecular weight excluding hydrogens is 528 g/mol. The number of hydrogen-bond donors (Lipinski definition) is 3. The molecule has 9 heteroatoms. The van der Waals surface area contributed by atoms with Gasteiger partial charge in [0, 0.05) is 26.1 Å². The molecule has 1 aliphatic rings. The summed E-state index contributed by atoms with van der Waals surface area (Å²) in [5.41, 5.74) is -0.0482. The van der Waals surface area contributed by atoms with Gasteiger partial charge in [0.2, 0.25) is 11.8 Å². The van der Waals surface area contributed by atoms with Crippen LogP contribution in [0.25, 0.3) is 10.8 Å². The number of ether oxygens (including phenoxy) is 1. The van der Waals surface area contributed by atoms with Crippen LogP contribution in [0.2, 0.25) is 0 Å². The molecule has 222 valence electrons. The summed E-state index contributed by atoms with van der Waals surface area (Å²) >= 11 is 0. The molecule has 0 bridgehead atoms. The van der Waals surface area contributed by atoms with Crippen molar-refractivity contribution in [2.24, 2.45) is 5.92 Å². The minimum absolute atomic E-state index is 0. The highest BCUT2D eigenvalue weighted by atomic mass is 35.5. The smallest absolute Gasteiger partial charge is 0.254 e. The van der Waals surface area contributed by atoms with E-state index in [1.165, 1.54) is 0 Å². The number of nitrogens with zero attached hydrogens (tertiary/aromatic N) is 1. The number of amides is 3. The number of halogens is 1. The lowest BCUT2D eigenvalue weighted by molar-refractivity contribution is -0.157. The zero-order valence-corrected chi connectivity index (χ0v) is 25.4. The van der Waals surface area contributed by atoms with Crippen LogP contribution in [-0.4, -0.2) is 73.1 Å². The van der Waals surface area contributed by atoms with Gasteiger partial charge in [0.15, 0.2) is 0 Å². The lowest BCUT2D eigenvalue weighted by Crippen LogP contribution is -2.56. The third-order valence-electron chi connectivity index (χ3n) is 7.11. The van der Waals surface area contributed by atoms with E-state index < -0.39 is 17.7 Å². The maximum absolute atomic E-state index is 13.5. The number of rotatable bonds is 14. The minimum Gasteiger partial charge on any atom is -0.366 e. The van der Waals surface area contributed by atoms with Gasteiger partial charge < -0.3 is 25.6 Å². The van der Waals surface area contributed by atoms with E-state index in [4.69, 9.17) is 4.74 Å². The van der Waals surface area contributed by atoms with Gasteiger partial charge in [-0.05, 0) is 75.4 Å². The fourth-order valence-electron chi connectivity index (χ4n) is 5.07. The monoisotopic (exact) mass is 574 g/mol. The molecule has 8 nitrogen and oxygen atoms in total. The second kappa shape index (κ2) is 15.9. The fourth-order valence-corrected chi connectivity index (χ4v) is 5.07. The van der Waals surface area contributed by atoms with E-state index in [1.54, 1.807) is 18.7 Å². The van der Waals surface area contributed by atoms with Crippen molar-refractivity contribution in [3.63, 3.8) is 0 Å². The van der Waals surface area contributed by atoms with Gasteiger partial charge in [0.25, 0.3) is 5.91 Å². The maximum Gasteiger partial charge on any atom is 0.254 e.